The van der Waals surface area contributed by atoms with Gasteiger partial charge in [-0.25, -0.2) is 0 Å². The van der Waals surface area contributed by atoms with Gasteiger partial charge in [0.25, 0.3) is 0 Å². The lowest BCUT2D eigenvalue weighted by Crippen LogP contribution is -2.47. The van der Waals surface area contributed by atoms with Gasteiger partial charge in [0.2, 0.25) is 0 Å². The molecule has 0 aromatic rings. The predicted molar refractivity (Wildman–Crippen MR) is 80.1 cm³/mol. The van der Waals surface area contributed by atoms with Crippen LogP contribution < -0.4 is 5.32 Å². The van der Waals surface area contributed by atoms with Crippen molar-refractivity contribution >= 4 is 11.8 Å². The van der Waals surface area contributed by atoms with Crippen molar-refractivity contribution in [2.75, 3.05) is 12.9 Å². The van der Waals surface area contributed by atoms with Crippen molar-refractivity contribution in [1.29, 1.82) is 0 Å². The van der Waals surface area contributed by atoms with Gasteiger partial charge in [0.1, 0.15) is 0 Å². The highest BCUT2D eigenvalue weighted by molar-refractivity contribution is 7.99. The zero-order valence-electron chi connectivity index (χ0n) is 11.9. The summed E-state index contributed by atoms with van der Waals surface area (Å²) in [6.07, 6.45) is 12.1. The molecule has 2 nitrogen and oxygen atoms in total. The highest BCUT2D eigenvalue weighted by atomic mass is 32.2. The van der Waals surface area contributed by atoms with Crippen molar-refractivity contribution in [1.82, 2.24) is 5.32 Å². The van der Waals surface area contributed by atoms with Crippen LogP contribution in [0, 0.1) is 11.8 Å². The zero-order chi connectivity index (χ0) is 13.0. The van der Waals surface area contributed by atoms with Crippen LogP contribution in [-0.2, 0) is 0 Å². The second-order valence-electron chi connectivity index (χ2n) is 6.23. The van der Waals surface area contributed by atoms with Gasteiger partial charge < -0.3 is 10.4 Å². The van der Waals surface area contributed by atoms with Crippen LogP contribution in [0.3, 0.4) is 0 Å². The lowest BCUT2D eigenvalue weighted by atomic mass is 9.69. The Kier molecular flexibility index (Phi) is 5.84. The van der Waals surface area contributed by atoms with Crippen molar-refractivity contribution in [3.05, 3.63) is 0 Å². The third kappa shape index (κ3) is 3.64. The first-order valence-electron chi connectivity index (χ1n) is 7.64. The van der Waals surface area contributed by atoms with Gasteiger partial charge in [0.15, 0.2) is 0 Å². The summed E-state index contributed by atoms with van der Waals surface area (Å²) in [5.41, 5.74) is 0. The molecule has 2 fully saturated rings. The molecule has 0 bridgehead atoms. The van der Waals surface area contributed by atoms with Crippen LogP contribution in [0.4, 0.5) is 0 Å². The van der Waals surface area contributed by atoms with Gasteiger partial charge in [0, 0.05) is 17.3 Å². The van der Waals surface area contributed by atoms with Crippen LogP contribution in [0.2, 0.25) is 0 Å². The van der Waals surface area contributed by atoms with E-state index in [0.29, 0.717) is 17.3 Å². The summed E-state index contributed by atoms with van der Waals surface area (Å²) in [6, 6.07) is 1.12. The Bertz CT molecular complexity index is 245. The van der Waals surface area contributed by atoms with E-state index in [1.54, 1.807) is 11.8 Å². The number of thioether (sulfide) groups is 1. The number of rotatable bonds is 5. The minimum atomic E-state index is 0.286. The Balaban J connectivity index is 1.80. The molecule has 0 aromatic heterocycles. The number of hydrogen-bond donors (Lipinski definition) is 2. The Hall–Kier alpha value is 0.270. The average Bonchev–Trinajstić information content (AvgIpc) is 2.40. The minimum absolute atomic E-state index is 0.286. The molecule has 5 atom stereocenters. The average molecular weight is 271 g/mol. The van der Waals surface area contributed by atoms with Gasteiger partial charge in [-0.05, 0) is 44.3 Å². The maximum Gasteiger partial charge on any atom is 0.0564 e. The van der Waals surface area contributed by atoms with Crippen LogP contribution in [0.25, 0.3) is 0 Å². The second kappa shape index (κ2) is 7.16. The molecule has 0 saturated heterocycles. The molecule has 106 valence electrons. The molecule has 0 radical (unpaired) electrons. The molecular formula is C15H29NOS. The number of hydrogen-bond acceptors (Lipinski definition) is 3. The fourth-order valence-corrected chi connectivity index (χ4v) is 4.58. The van der Waals surface area contributed by atoms with Crippen molar-refractivity contribution in [3.63, 3.8) is 0 Å². The van der Waals surface area contributed by atoms with Crippen LogP contribution >= 0.6 is 11.8 Å². The van der Waals surface area contributed by atoms with Gasteiger partial charge in [-0.2, -0.15) is 11.8 Å². The summed E-state index contributed by atoms with van der Waals surface area (Å²) in [5.74, 6) is 2.01. The summed E-state index contributed by atoms with van der Waals surface area (Å²) < 4.78 is 0. The Labute approximate surface area is 116 Å². The van der Waals surface area contributed by atoms with E-state index in [9.17, 15) is 5.11 Å². The molecule has 2 rings (SSSR count). The fraction of sp³-hybridized carbons (Fsp3) is 1.00. The molecule has 0 aliphatic heterocycles. The molecule has 2 saturated carbocycles. The molecule has 18 heavy (non-hydrogen) atoms. The maximum absolute atomic E-state index is 9.35. The normalized spacial score (nSPS) is 35.8. The topological polar surface area (TPSA) is 32.3 Å². The molecule has 2 aliphatic carbocycles. The maximum atomic E-state index is 9.35. The molecule has 2 N–H and O–H groups in total. The van der Waals surface area contributed by atoms with Gasteiger partial charge in [-0.15, -0.1) is 0 Å². The first-order valence-corrected chi connectivity index (χ1v) is 8.93. The van der Waals surface area contributed by atoms with E-state index in [1.807, 2.05) is 0 Å². The summed E-state index contributed by atoms with van der Waals surface area (Å²) >= 11 is 1.78. The SMILES string of the molecule is CSC(CO)C(C)NC1CCC2CCCCC2C1. The van der Waals surface area contributed by atoms with E-state index >= 15 is 0 Å². The lowest BCUT2D eigenvalue weighted by Gasteiger charge is -2.41. The van der Waals surface area contributed by atoms with Crippen molar-refractivity contribution in [2.45, 2.75) is 69.2 Å². The number of aliphatic hydroxyl groups is 1. The van der Waals surface area contributed by atoms with E-state index in [2.05, 4.69) is 18.5 Å². The quantitative estimate of drug-likeness (QED) is 0.806. The Morgan fingerprint density at radius 3 is 2.56 bits per heavy atom. The van der Waals surface area contributed by atoms with E-state index in [0.717, 1.165) is 11.8 Å². The molecule has 3 heteroatoms. The standard InChI is InChI=1S/C15H29NOS/c1-11(15(10-17)18-2)16-14-8-7-12-5-3-4-6-13(12)9-14/h11-17H,3-10H2,1-2H3. The van der Waals surface area contributed by atoms with Gasteiger partial charge in [-0.3, -0.25) is 0 Å². The predicted octanol–water partition coefficient (Wildman–Crippen LogP) is 3.05. The third-order valence-corrected chi connectivity index (χ3v) is 6.24. The largest absolute Gasteiger partial charge is 0.395 e. The second-order valence-corrected chi connectivity index (χ2v) is 7.30. The van der Waals surface area contributed by atoms with Gasteiger partial charge in [-0.1, -0.05) is 25.7 Å². The number of aliphatic hydroxyl groups excluding tert-OH is 1. The molecule has 0 spiro atoms. The van der Waals surface area contributed by atoms with Gasteiger partial charge in [0.05, 0.1) is 6.61 Å². The smallest absolute Gasteiger partial charge is 0.0564 e. The fourth-order valence-electron chi connectivity index (χ4n) is 3.94. The van der Waals surface area contributed by atoms with Crippen molar-refractivity contribution < 1.29 is 5.11 Å². The molecule has 5 unspecified atom stereocenters. The van der Waals surface area contributed by atoms with E-state index < -0.39 is 0 Å². The van der Waals surface area contributed by atoms with Crippen LogP contribution in [0.15, 0.2) is 0 Å². The number of fused-ring (bicyclic) bond motifs is 1. The summed E-state index contributed by atoms with van der Waals surface area (Å²) in [4.78, 5) is 0. The molecule has 0 aromatic carbocycles. The van der Waals surface area contributed by atoms with Crippen molar-refractivity contribution in [2.24, 2.45) is 11.8 Å². The van der Waals surface area contributed by atoms with Crippen molar-refractivity contribution in [3.8, 4) is 0 Å². The highest BCUT2D eigenvalue weighted by Crippen LogP contribution is 2.40. The molecule has 0 amide bonds. The highest BCUT2D eigenvalue weighted by Gasteiger charge is 2.33. The van der Waals surface area contributed by atoms with Crippen LogP contribution in [0.5, 0.6) is 0 Å². The van der Waals surface area contributed by atoms with E-state index in [4.69, 9.17) is 0 Å². The first kappa shape index (κ1) is 14.7. The Morgan fingerprint density at radius 2 is 1.89 bits per heavy atom. The Morgan fingerprint density at radius 1 is 1.17 bits per heavy atom. The van der Waals surface area contributed by atoms with E-state index in [-0.39, 0.29) is 6.61 Å². The molecular weight excluding hydrogens is 242 g/mol. The van der Waals surface area contributed by atoms with Crippen LogP contribution in [-0.4, -0.2) is 35.3 Å². The molecule has 2 aliphatic rings. The van der Waals surface area contributed by atoms with Gasteiger partial charge >= 0.3 is 0 Å². The van der Waals surface area contributed by atoms with Crippen LogP contribution in [0.1, 0.15) is 51.9 Å². The first-order chi connectivity index (χ1) is 8.74. The zero-order valence-corrected chi connectivity index (χ0v) is 12.7. The number of nitrogens with one attached hydrogen (secondary N) is 1. The summed E-state index contributed by atoms with van der Waals surface area (Å²) in [6.45, 7) is 2.51. The summed E-state index contributed by atoms with van der Waals surface area (Å²) in [5, 5.41) is 13.5. The summed E-state index contributed by atoms with van der Waals surface area (Å²) in [7, 11) is 0. The van der Waals surface area contributed by atoms with E-state index in [1.165, 1.54) is 44.9 Å². The minimum Gasteiger partial charge on any atom is -0.395 e. The third-order valence-electron chi connectivity index (χ3n) is 5.08. The monoisotopic (exact) mass is 271 g/mol. The molecule has 0 heterocycles. The lowest BCUT2D eigenvalue weighted by molar-refractivity contribution is 0.137.